The third-order valence-electron chi connectivity index (χ3n) is 4.38. The minimum Gasteiger partial charge on any atom is -0.497 e. The number of rotatable bonds is 2. The SMILES string of the molecule is COc1ccc2cc(C3CCN(C(=O)OC(C)(C)C)C3)ccc2c1. The van der Waals surface area contributed by atoms with Gasteiger partial charge in [-0.25, -0.2) is 4.79 Å². The van der Waals surface area contributed by atoms with E-state index < -0.39 is 5.60 Å². The number of methoxy groups -OCH3 is 1. The second-order valence-electron chi connectivity index (χ2n) is 7.38. The number of hydrogen-bond acceptors (Lipinski definition) is 3. The van der Waals surface area contributed by atoms with Crippen molar-refractivity contribution in [3.63, 3.8) is 0 Å². The molecule has 4 heteroatoms. The normalized spacial score (nSPS) is 18.0. The average Bonchev–Trinajstić information content (AvgIpc) is 3.02. The lowest BCUT2D eigenvalue weighted by Crippen LogP contribution is -2.35. The van der Waals surface area contributed by atoms with Gasteiger partial charge in [0.15, 0.2) is 0 Å². The molecule has 0 aliphatic carbocycles. The van der Waals surface area contributed by atoms with Crippen LogP contribution < -0.4 is 4.74 Å². The van der Waals surface area contributed by atoms with E-state index in [2.05, 4.69) is 24.3 Å². The minimum absolute atomic E-state index is 0.212. The molecular weight excluding hydrogens is 302 g/mol. The predicted molar refractivity (Wildman–Crippen MR) is 95.7 cm³/mol. The molecule has 1 heterocycles. The Balaban J connectivity index is 1.73. The number of benzene rings is 2. The molecule has 1 fully saturated rings. The van der Waals surface area contributed by atoms with Crippen LogP contribution in [0.3, 0.4) is 0 Å². The van der Waals surface area contributed by atoms with E-state index in [1.165, 1.54) is 16.3 Å². The highest BCUT2D eigenvalue weighted by molar-refractivity contribution is 5.84. The van der Waals surface area contributed by atoms with E-state index in [1.54, 1.807) is 7.11 Å². The van der Waals surface area contributed by atoms with Crippen LogP contribution in [-0.4, -0.2) is 36.8 Å². The molecule has 1 amide bonds. The molecule has 1 unspecified atom stereocenters. The smallest absolute Gasteiger partial charge is 0.410 e. The van der Waals surface area contributed by atoms with Crippen molar-refractivity contribution in [1.29, 1.82) is 0 Å². The van der Waals surface area contributed by atoms with Crippen molar-refractivity contribution in [3.8, 4) is 5.75 Å². The molecule has 24 heavy (non-hydrogen) atoms. The second-order valence-corrected chi connectivity index (χ2v) is 7.38. The van der Waals surface area contributed by atoms with Gasteiger partial charge < -0.3 is 14.4 Å². The standard InChI is InChI=1S/C20H25NO3/c1-20(2,3)24-19(22)21-10-9-17(13-21)15-5-6-16-12-18(23-4)8-7-14(16)11-15/h5-8,11-12,17H,9-10,13H2,1-4H3. The predicted octanol–water partition coefficient (Wildman–Crippen LogP) is 4.57. The van der Waals surface area contributed by atoms with Crippen molar-refractivity contribution in [3.05, 3.63) is 42.0 Å². The van der Waals surface area contributed by atoms with Crippen LogP contribution in [0.2, 0.25) is 0 Å². The van der Waals surface area contributed by atoms with Crippen LogP contribution >= 0.6 is 0 Å². The molecule has 2 aromatic carbocycles. The Morgan fingerprint density at radius 1 is 1.12 bits per heavy atom. The first-order valence-electron chi connectivity index (χ1n) is 8.41. The first-order chi connectivity index (χ1) is 11.4. The highest BCUT2D eigenvalue weighted by atomic mass is 16.6. The lowest BCUT2D eigenvalue weighted by atomic mass is 9.95. The van der Waals surface area contributed by atoms with Crippen LogP contribution in [0.15, 0.2) is 36.4 Å². The molecule has 0 aromatic heterocycles. The highest BCUT2D eigenvalue weighted by Crippen LogP contribution is 2.31. The van der Waals surface area contributed by atoms with Crippen LogP contribution in [-0.2, 0) is 4.74 Å². The van der Waals surface area contributed by atoms with E-state index in [0.717, 1.165) is 25.3 Å². The lowest BCUT2D eigenvalue weighted by molar-refractivity contribution is 0.0292. The Morgan fingerprint density at radius 2 is 1.83 bits per heavy atom. The number of fused-ring (bicyclic) bond motifs is 1. The molecular formula is C20H25NO3. The zero-order valence-corrected chi connectivity index (χ0v) is 14.8. The van der Waals surface area contributed by atoms with Crippen molar-refractivity contribution >= 4 is 16.9 Å². The summed E-state index contributed by atoms with van der Waals surface area (Å²) in [6.07, 6.45) is 0.761. The molecule has 2 aromatic rings. The number of amides is 1. The monoisotopic (exact) mass is 327 g/mol. The molecule has 128 valence electrons. The molecule has 1 saturated heterocycles. The number of carbonyl (C=O) groups excluding carboxylic acids is 1. The largest absolute Gasteiger partial charge is 0.497 e. The van der Waals surface area contributed by atoms with Crippen LogP contribution in [0, 0.1) is 0 Å². The van der Waals surface area contributed by atoms with E-state index in [1.807, 2.05) is 37.8 Å². The van der Waals surface area contributed by atoms with Gasteiger partial charge in [0.05, 0.1) is 7.11 Å². The Kier molecular flexibility index (Phi) is 4.39. The average molecular weight is 327 g/mol. The Labute approximate surface area is 143 Å². The van der Waals surface area contributed by atoms with Gasteiger partial charge in [0.25, 0.3) is 0 Å². The zero-order chi connectivity index (χ0) is 17.3. The molecule has 0 saturated carbocycles. The third-order valence-corrected chi connectivity index (χ3v) is 4.38. The van der Waals surface area contributed by atoms with Crippen molar-refractivity contribution in [1.82, 2.24) is 4.90 Å². The van der Waals surface area contributed by atoms with Crippen LogP contribution in [0.1, 0.15) is 38.7 Å². The van der Waals surface area contributed by atoms with Gasteiger partial charge in [-0.1, -0.05) is 24.3 Å². The Morgan fingerprint density at radius 3 is 2.54 bits per heavy atom. The van der Waals surface area contributed by atoms with E-state index in [9.17, 15) is 4.79 Å². The molecule has 0 radical (unpaired) electrons. The minimum atomic E-state index is -0.447. The van der Waals surface area contributed by atoms with Crippen molar-refractivity contribution < 1.29 is 14.3 Å². The summed E-state index contributed by atoms with van der Waals surface area (Å²) in [5.74, 6) is 1.23. The van der Waals surface area contributed by atoms with Crippen molar-refractivity contribution in [2.45, 2.75) is 38.7 Å². The van der Waals surface area contributed by atoms with Crippen molar-refractivity contribution in [2.24, 2.45) is 0 Å². The van der Waals surface area contributed by atoms with E-state index in [0.29, 0.717) is 5.92 Å². The Hall–Kier alpha value is -2.23. The van der Waals surface area contributed by atoms with Gasteiger partial charge in [-0.05, 0) is 55.7 Å². The fourth-order valence-electron chi connectivity index (χ4n) is 3.15. The molecule has 1 aliphatic heterocycles. The molecule has 0 N–H and O–H groups in total. The van der Waals surface area contributed by atoms with Gasteiger partial charge in [0.2, 0.25) is 0 Å². The summed E-state index contributed by atoms with van der Waals surface area (Å²) >= 11 is 0. The van der Waals surface area contributed by atoms with Crippen LogP contribution in [0.4, 0.5) is 4.79 Å². The topological polar surface area (TPSA) is 38.8 Å². The Bertz CT molecular complexity index is 748. The maximum atomic E-state index is 12.2. The van der Waals surface area contributed by atoms with Gasteiger partial charge in [-0.3, -0.25) is 0 Å². The second kappa shape index (κ2) is 6.34. The third kappa shape index (κ3) is 3.64. The van der Waals surface area contributed by atoms with Gasteiger partial charge in [-0.15, -0.1) is 0 Å². The van der Waals surface area contributed by atoms with E-state index in [4.69, 9.17) is 9.47 Å². The number of carbonyl (C=O) groups is 1. The molecule has 1 aliphatic rings. The number of likely N-dealkylation sites (tertiary alicyclic amines) is 1. The summed E-state index contributed by atoms with van der Waals surface area (Å²) in [7, 11) is 1.68. The summed E-state index contributed by atoms with van der Waals surface area (Å²) < 4.78 is 10.7. The lowest BCUT2D eigenvalue weighted by Gasteiger charge is -2.24. The molecule has 4 nitrogen and oxygen atoms in total. The molecule has 0 spiro atoms. The molecule has 1 atom stereocenters. The highest BCUT2D eigenvalue weighted by Gasteiger charge is 2.30. The maximum Gasteiger partial charge on any atom is 0.410 e. The first kappa shape index (κ1) is 16.6. The van der Waals surface area contributed by atoms with E-state index >= 15 is 0 Å². The fraction of sp³-hybridized carbons (Fsp3) is 0.450. The quantitative estimate of drug-likeness (QED) is 0.811. The van der Waals surface area contributed by atoms with Gasteiger partial charge in [0.1, 0.15) is 11.4 Å². The number of ether oxygens (including phenoxy) is 2. The molecule has 3 rings (SSSR count). The summed E-state index contributed by atoms with van der Waals surface area (Å²) in [4.78, 5) is 14.0. The number of hydrogen-bond donors (Lipinski definition) is 0. The van der Waals surface area contributed by atoms with Crippen LogP contribution in [0.25, 0.3) is 10.8 Å². The van der Waals surface area contributed by atoms with E-state index in [-0.39, 0.29) is 6.09 Å². The molecule has 0 bridgehead atoms. The first-order valence-corrected chi connectivity index (χ1v) is 8.41. The van der Waals surface area contributed by atoms with Crippen LogP contribution in [0.5, 0.6) is 5.75 Å². The summed E-state index contributed by atoms with van der Waals surface area (Å²) in [6, 6.07) is 12.6. The maximum absolute atomic E-state index is 12.2. The van der Waals surface area contributed by atoms with Gasteiger partial charge in [0, 0.05) is 19.0 Å². The van der Waals surface area contributed by atoms with Gasteiger partial charge in [-0.2, -0.15) is 0 Å². The van der Waals surface area contributed by atoms with Gasteiger partial charge >= 0.3 is 6.09 Å². The fourth-order valence-corrected chi connectivity index (χ4v) is 3.15. The summed E-state index contributed by atoms with van der Waals surface area (Å²) in [5, 5.41) is 2.36. The summed E-state index contributed by atoms with van der Waals surface area (Å²) in [6.45, 7) is 7.17. The van der Waals surface area contributed by atoms with Crippen molar-refractivity contribution in [2.75, 3.05) is 20.2 Å². The summed E-state index contributed by atoms with van der Waals surface area (Å²) in [5.41, 5.74) is 0.829. The zero-order valence-electron chi connectivity index (χ0n) is 14.8. The number of nitrogens with zero attached hydrogens (tertiary/aromatic N) is 1.